The minimum Gasteiger partial charge on any atom is -0.507 e. The van der Waals surface area contributed by atoms with E-state index in [1.54, 1.807) is 48.5 Å². The van der Waals surface area contributed by atoms with Crippen LogP contribution in [0.4, 0.5) is 0 Å². The Bertz CT molecular complexity index is 891. The van der Waals surface area contributed by atoms with E-state index in [4.69, 9.17) is 27.9 Å². The van der Waals surface area contributed by atoms with E-state index in [0.29, 0.717) is 21.2 Å². The number of benzene rings is 2. The molecule has 1 aliphatic rings. The lowest BCUT2D eigenvalue weighted by Crippen LogP contribution is -2.32. The molecule has 1 atom stereocenters. The number of nitrogens with zero attached hydrogens (tertiary/aromatic N) is 1. The lowest BCUT2D eigenvalue weighted by atomic mass is 9.95. The molecule has 0 bridgehead atoms. The fraction of sp³-hybridized carbons (Fsp3) is 0.200. The van der Waals surface area contributed by atoms with Crippen molar-refractivity contribution in [3.8, 4) is 0 Å². The Morgan fingerprint density at radius 1 is 1.04 bits per heavy atom. The Balaban J connectivity index is 2.14. The van der Waals surface area contributed by atoms with Crippen LogP contribution in [0.3, 0.4) is 0 Å². The second-order valence-electron chi connectivity index (χ2n) is 6.04. The van der Waals surface area contributed by atoms with Gasteiger partial charge in [-0.3, -0.25) is 9.59 Å². The maximum atomic E-state index is 12.7. The van der Waals surface area contributed by atoms with Gasteiger partial charge in [0, 0.05) is 29.3 Å². The molecule has 0 aromatic heterocycles. The Morgan fingerprint density at radius 3 is 2.15 bits per heavy atom. The Hall–Kier alpha value is -2.34. The van der Waals surface area contributed by atoms with Gasteiger partial charge in [-0.05, 0) is 42.0 Å². The van der Waals surface area contributed by atoms with E-state index in [-0.39, 0.29) is 24.5 Å². The van der Waals surface area contributed by atoms with E-state index in [2.05, 4.69) is 0 Å². The molecule has 1 aliphatic heterocycles. The van der Waals surface area contributed by atoms with Crippen LogP contribution in [0.5, 0.6) is 0 Å². The van der Waals surface area contributed by atoms with Crippen LogP contribution in [0.25, 0.3) is 5.76 Å². The monoisotopic (exact) mass is 405 g/mol. The zero-order chi connectivity index (χ0) is 19.6. The Labute approximate surface area is 166 Å². The molecule has 3 rings (SSSR count). The molecule has 5 nitrogen and oxygen atoms in total. The molecule has 1 fully saturated rings. The third-order valence-corrected chi connectivity index (χ3v) is 4.88. The van der Waals surface area contributed by atoms with Gasteiger partial charge in [0.25, 0.3) is 11.7 Å². The molecular formula is C20H17Cl2NO4. The van der Waals surface area contributed by atoms with Crippen molar-refractivity contribution in [3.05, 3.63) is 75.3 Å². The number of ether oxygens (including phenoxy) is 1. The normalized spacial score (nSPS) is 18.9. The summed E-state index contributed by atoms with van der Waals surface area (Å²) in [5, 5.41) is 11.8. The summed E-state index contributed by atoms with van der Waals surface area (Å²) in [6, 6.07) is 12.5. The number of hydrogen-bond acceptors (Lipinski definition) is 4. The van der Waals surface area contributed by atoms with Crippen molar-refractivity contribution in [2.24, 2.45) is 0 Å². The lowest BCUT2D eigenvalue weighted by Gasteiger charge is -2.25. The van der Waals surface area contributed by atoms with Crippen LogP contribution in [0.15, 0.2) is 54.1 Å². The molecule has 1 saturated heterocycles. The molecule has 1 heterocycles. The number of Topliss-reactive ketones (excluding diaryl/α,β-unsaturated/α-hetero) is 1. The van der Waals surface area contributed by atoms with Crippen molar-refractivity contribution in [2.75, 3.05) is 20.3 Å². The van der Waals surface area contributed by atoms with E-state index < -0.39 is 17.7 Å². The van der Waals surface area contributed by atoms with Crippen LogP contribution in [-0.2, 0) is 14.3 Å². The predicted molar refractivity (Wildman–Crippen MR) is 104 cm³/mol. The number of ketones is 1. The van der Waals surface area contributed by atoms with Crippen LogP contribution in [-0.4, -0.2) is 42.0 Å². The number of carbonyl (C=O) groups is 2. The maximum Gasteiger partial charge on any atom is 0.295 e. The number of carbonyl (C=O) groups excluding carboxylic acids is 2. The maximum absolute atomic E-state index is 12.7. The Kier molecular flexibility index (Phi) is 5.85. The summed E-state index contributed by atoms with van der Waals surface area (Å²) in [4.78, 5) is 26.7. The van der Waals surface area contributed by atoms with Gasteiger partial charge in [-0.15, -0.1) is 0 Å². The van der Waals surface area contributed by atoms with E-state index in [1.165, 1.54) is 12.0 Å². The van der Waals surface area contributed by atoms with Gasteiger partial charge >= 0.3 is 0 Å². The largest absolute Gasteiger partial charge is 0.507 e. The number of likely N-dealkylation sites (tertiary alicyclic amines) is 1. The zero-order valence-electron chi connectivity index (χ0n) is 14.5. The number of halogens is 2. The quantitative estimate of drug-likeness (QED) is 0.462. The smallest absolute Gasteiger partial charge is 0.295 e. The van der Waals surface area contributed by atoms with Crippen LogP contribution < -0.4 is 0 Å². The molecule has 1 N–H and O–H groups in total. The second-order valence-corrected chi connectivity index (χ2v) is 6.92. The van der Waals surface area contributed by atoms with Gasteiger partial charge in [0.15, 0.2) is 0 Å². The van der Waals surface area contributed by atoms with Gasteiger partial charge in [-0.2, -0.15) is 0 Å². The number of hydrogen-bond donors (Lipinski definition) is 1. The molecule has 1 amide bonds. The molecule has 0 spiro atoms. The average Bonchev–Trinajstić information content (AvgIpc) is 2.91. The minimum absolute atomic E-state index is 0.0285. The number of rotatable bonds is 5. The highest BCUT2D eigenvalue weighted by molar-refractivity contribution is 6.46. The predicted octanol–water partition coefficient (Wildman–Crippen LogP) is 4.06. The van der Waals surface area contributed by atoms with Crippen LogP contribution in [0.1, 0.15) is 17.2 Å². The van der Waals surface area contributed by atoms with Gasteiger partial charge in [-0.25, -0.2) is 0 Å². The summed E-state index contributed by atoms with van der Waals surface area (Å²) in [5.41, 5.74) is 1.11. The standard InChI is InChI=1S/C20H17Cl2NO4/c1-27-11-10-23-17(12-2-6-14(21)7-3-12)16(19(25)20(23)26)18(24)13-4-8-15(22)9-5-13/h2-9,17,24H,10-11H2,1H3/t17-/m1/s1. The van der Waals surface area contributed by atoms with Gasteiger partial charge in [0.05, 0.1) is 18.2 Å². The summed E-state index contributed by atoms with van der Waals surface area (Å²) >= 11 is 11.9. The topological polar surface area (TPSA) is 66.8 Å². The van der Waals surface area contributed by atoms with Gasteiger partial charge < -0.3 is 14.7 Å². The van der Waals surface area contributed by atoms with Crippen molar-refractivity contribution in [1.29, 1.82) is 0 Å². The molecule has 27 heavy (non-hydrogen) atoms. The van der Waals surface area contributed by atoms with Gasteiger partial charge in [-0.1, -0.05) is 35.3 Å². The van der Waals surface area contributed by atoms with E-state index in [9.17, 15) is 14.7 Å². The number of aliphatic hydroxyl groups excluding tert-OH is 1. The van der Waals surface area contributed by atoms with Gasteiger partial charge in [0.1, 0.15) is 5.76 Å². The number of amides is 1. The van der Waals surface area contributed by atoms with Crippen LogP contribution >= 0.6 is 23.2 Å². The summed E-state index contributed by atoms with van der Waals surface area (Å²) in [7, 11) is 1.52. The highest BCUT2D eigenvalue weighted by atomic mass is 35.5. The fourth-order valence-electron chi connectivity index (χ4n) is 3.06. The molecule has 0 unspecified atom stereocenters. The van der Waals surface area contributed by atoms with Crippen molar-refractivity contribution in [1.82, 2.24) is 4.90 Å². The van der Waals surface area contributed by atoms with Crippen molar-refractivity contribution in [3.63, 3.8) is 0 Å². The third-order valence-electron chi connectivity index (χ3n) is 4.38. The first-order valence-corrected chi connectivity index (χ1v) is 8.98. The molecule has 7 heteroatoms. The molecule has 2 aromatic rings. The van der Waals surface area contributed by atoms with Crippen molar-refractivity contribution < 1.29 is 19.4 Å². The summed E-state index contributed by atoms with van der Waals surface area (Å²) < 4.78 is 5.06. The summed E-state index contributed by atoms with van der Waals surface area (Å²) in [6.45, 7) is 0.476. The Morgan fingerprint density at radius 2 is 1.59 bits per heavy atom. The molecule has 140 valence electrons. The molecule has 0 aliphatic carbocycles. The molecule has 2 aromatic carbocycles. The number of aliphatic hydroxyl groups is 1. The molecule has 0 saturated carbocycles. The van der Waals surface area contributed by atoms with Crippen molar-refractivity contribution in [2.45, 2.75) is 6.04 Å². The second kappa shape index (κ2) is 8.13. The highest BCUT2D eigenvalue weighted by Crippen LogP contribution is 2.39. The fourth-order valence-corrected chi connectivity index (χ4v) is 3.31. The van der Waals surface area contributed by atoms with Gasteiger partial charge in [0.2, 0.25) is 0 Å². The third kappa shape index (κ3) is 3.86. The van der Waals surface area contributed by atoms with Crippen molar-refractivity contribution >= 4 is 40.7 Å². The number of methoxy groups -OCH3 is 1. The first-order chi connectivity index (χ1) is 12.9. The van der Waals surface area contributed by atoms with Crippen LogP contribution in [0, 0.1) is 0 Å². The highest BCUT2D eigenvalue weighted by Gasteiger charge is 2.45. The SMILES string of the molecule is COCCN1C(=O)C(=O)C(=C(O)c2ccc(Cl)cc2)[C@H]1c1ccc(Cl)cc1. The van der Waals surface area contributed by atoms with E-state index >= 15 is 0 Å². The minimum atomic E-state index is -0.737. The summed E-state index contributed by atoms with van der Waals surface area (Å²) in [5.74, 6) is -1.66. The van der Waals surface area contributed by atoms with Crippen LogP contribution in [0.2, 0.25) is 10.0 Å². The lowest BCUT2D eigenvalue weighted by molar-refractivity contribution is -0.140. The molecular weight excluding hydrogens is 389 g/mol. The summed E-state index contributed by atoms with van der Waals surface area (Å²) in [6.07, 6.45) is 0. The van der Waals surface area contributed by atoms with E-state index in [0.717, 1.165) is 0 Å². The zero-order valence-corrected chi connectivity index (χ0v) is 16.0. The molecule has 0 radical (unpaired) electrons. The van der Waals surface area contributed by atoms with E-state index in [1.807, 2.05) is 0 Å². The average molecular weight is 406 g/mol. The first-order valence-electron chi connectivity index (χ1n) is 8.22. The first kappa shape index (κ1) is 19.4.